The SMILES string of the molecule is COC(=O)C1=CC=C(N)CC1. The molecule has 0 aliphatic heterocycles. The number of rotatable bonds is 1. The maximum atomic E-state index is 10.9. The van der Waals surface area contributed by atoms with Crippen LogP contribution in [0.1, 0.15) is 12.8 Å². The number of carbonyl (C=O) groups excluding carboxylic acids is 1. The summed E-state index contributed by atoms with van der Waals surface area (Å²) in [4.78, 5) is 10.9. The van der Waals surface area contributed by atoms with Crippen LogP contribution in [0.2, 0.25) is 0 Å². The van der Waals surface area contributed by atoms with Gasteiger partial charge in [-0.2, -0.15) is 0 Å². The summed E-state index contributed by atoms with van der Waals surface area (Å²) in [5.74, 6) is -0.256. The third-order valence-electron chi connectivity index (χ3n) is 1.63. The fraction of sp³-hybridized carbons (Fsp3) is 0.375. The molecule has 0 aromatic heterocycles. The summed E-state index contributed by atoms with van der Waals surface area (Å²) in [6.45, 7) is 0. The molecule has 3 heteroatoms. The Hall–Kier alpha value is -1.25. The molecule has 0 atom stereocenters. The zero-order valence-corrected chi connectivity index (χ0v) is 6.46. The molecule has 0 heterocycles. The van der Waals surface area contributed by atoms with E-state index in [4.69, 9.17) is 5.73 Å². The molecular formula is C8H11NO2. The fourth-order valence-corrected chi connectivity index (χ4v) is 0.955. The molecule has 0 saturated heterocycles. The van der Waals surface area contributed by atoms with Gasteiger partial charge in [0.05, 0.1) is 7.11 Å². The van der Waals surface area contributed by atoms with Crippen LogP contribution in [0.25, 0.3) is 0 Å². The van der Waals surface area contributed by atoms with E-state index in [0.29, 0.717) is 12.0 Å². The molecule has 0 saturated carbocycles. The molecule has 0 aromatic carbocycles. The molecular weight excluding hydrogens is 142 g/mol. The Morgan fingerprint density at radius 3 is 2.73 bits per heavy atom. The standard InChI is InChI=1S/C8H11NO2/c1-11-8(10)6-2-4-7(9)5-3-6/h2,4H,3,5,9H2,1H3. The number of hydrogen-bond donors (Lipinski definition) is 1. The lowest BCUT2D eigenvalue weighted by Crippen LogP contribution is -2.09. The van der Waals surface area contributed by atoms with Gasteiger partial charge in [-0.3, -0.25) is 0 Å². The summed E-state index contributed by atoms with van der Waals surface area (Å²) in [6.07, 6.45) is 4.90. The summed E-state index contributed by atoms with van der Waals surface area (Å²) < 4.78 is 4.55. The van der Waals surface area contributed by atoms with Gasteiger partial charge in [0.25, 0.3) is 0 Å². The lowest BCUT2D eigenvalue weighted by Gasteiger charge is -2.08. The van der Waals surface area contributed by atoms with Crippen LogP contribution in [0.5, 0.6) is 0 Å². The summed E-state index contributed by atoms with van der Waals surface area (Å²) in [5.41, 5.74) is 7.02. The van der Waals surface area contributed by atoms with Crippen molar-refractivity contribution in [2.24, 2.45) is 5.73 Å². The highest BCUT2D eigenvalue weighted by Gasteiger charge is 2.11. The van der Waals surface area contributed by atoms with Crippen LogP contribution in [0, 0.1) is 0 Å². The third-order valence-corrected chi connectivity index (χ3v) is 1.63. The van der Waals surface area contributed by atoms with Crippen LogP contribution in [0.4, 0.5) is 0 Å². The molecule has 0 amide bonds. The van der Waals surface area contributed by atoms with Crippen LogP contribution < -0.4 is 5.73 Å². The molecule has 11 heavy (non-hydrogen) atoms. The van der Waals surface area contributed by atoms with Gasteiger partial charge in [0.1, 0.15) is 0 Å². The first-order valence-electron chi connectivity index (χ1n) is 3.47. The van der Waals surface area contributed by atoms with Crippen molar-refractivity contribution in [3.63, 3.8) is 0 Å². The monoisotopic (exact) mass is 153 g/mol. The average Bonchev–Trinajstić information content (AvgIpc) is 2.05. The number of hydrogen-bond acceptors (Lipinski definition) is 3. The Morgan fingerprint density at radius 1 is 1.55 bits per heavy atom. The molecule has 1 rings (SSSR count). The predicted octanol–water partition coefficient (Wildman–Crippen LogP) is 0.722. The first kappa shape index (κ1) is 7.85. The van der Waals surface area contributed by atoms with E-state index in [1.54, 1.807) is 12.2 Å². The molecule has 0 aromatic rings. The van der Waals surface area contributed by atoms with E-state index in [9.17, 15) is 4.79 Å². The lowest BCUT2D eigenvalue weighted by atomic mass is 10.0. The maximum Gasteiger partial charge on any atom is 0.333 e. The molecule has 0 fully saturated rings. The van der Waals surface area contributed by atoms with Gasteiger partial charge >= 0.3 is 5.97 Å². The number of carbonyl (C=O) groups is 1. The predicted molar refractivity (Wildman–Crippen MR) is 41.6 cm³/mol. The number of methoxy groups -OCH3 is 1. The van der Waals surface area contributed by atoms with E-state index < -0.39 is 0 Å². The zero-order chi connectivity index (χ0) is 8.27. The summed E-state index contributed by atoms with van der Waals surface area (Å²) in [6, 6.07) is 0. The topological polar surface area (TPSA) is 52.3 Å². The highest BCUT2D eigenvalue weighted by atomic mass is 16.5. The van der Waals surface area contributed by atoms with E-state index in [-0.39, 0.29) is 5.97 Å². The van der Waals surface area contributed by atoms with Crippen molar-refractivity contribution in [2.75, 3.05) is 7.11 Å². The largest absolute Gasteiger partial charge is 0.466 e. The normalized spacial score (nSPS) is 16.8. The second kappa shape index (κ2) is 3.23. The van der Waals surface area contributed by atoms with E-state index in [1.807, 2.05) is 0 Å². The lowest BCUT2D eigenvalue weighted by molar-refractivity contribution is -0.136. The Balaban J connectivity index is 2.68. The molecule has 1 aliphatic rings. The first-order valence-corrected chi connectivity index (χ1v) is 3.47. The summed E-state index contributed by atoms with van der Waals surface area (Å²) in [7, 11) is 1.38. The van der Waals surface area contributed by atoms with Gasteiger partial charge < -0.3 is 10.5 Å². The van der Waals surface area contributed by atoms with E-state index in [1.165, 1.54) is 7.11 Å². The van der Waals surface area contributed by atoms with Crippen molar-refractivity contribution in [3.8, 4) is 0 Å². The third kappa shape index (κ3) is 1.83. The van der Waals surface area contributed by atoms with Crippen LogP contribution in [-0.4, -0.2) is 13.1 Å². The van der Waals surface area contributed by atoms with Crippen LogP contribution in [0.15, 0.2) is 23.4 Å². The van der Waals surface area contributed by atoms with Crippen LogP contribution in [0.3, 0.4) is 0 Å². The van der Waals surface area contributed by atoms with Gasteiger partial charge in [-0.25, -0.2) is 4.79 Å². The molecule has 60 valence electrons. The second-order valence-electron chi connectivity index (χ2n) is 2.43. The van der Waals surface area contributed by atoms with Crippen LogP contribution >= 0.6 is 0 Å². The van der Waals surface area contributed by atoms with Gasteiger partial charge in [-0.15, -0.1) is 0 Å². The van der Waals surface area contributed by atoms with Crippen molar-refractivity contribution in [2.45, 2.75) is 12.8 Å². The minimum absolute atomic E-state index is 0.256. The molecule has 0 radical (unpaired) electrons. The number of allylic oxidation sites excluding steroid dienone is 3. The Labute approximate surface area is 65.5 Å². The van der Waals surface area contributed by atoms with Gasteiger partial charge in [-0.1, -0.05) is 6.08 Å². The number of ether oxygens (including phenoxy) is 1. The fourth-order valence-electron chi connectivity index (χ4n) is 0.955. The highest BCUT2D eigenvalue weighted by Crippen LogP contribution is 2.15. The Morgan fingerprint density at radius 2 is 2.27 bits per heavy atom. The van der Waals surface area contributed by atoms with Crippen molar-refractivity contribution in [1.29, 1.82) is 0 Å². The van der Waals surface area contributed by atoms with Gasteiger partial charge in [0.2, 0.25) is 0 Å². The Bertz CT molecular complexity index is 228. The smallest absolute Gasteiger partial charge is 0.333 e. The van der Waals surface area contributed by atoms with E-state index >= 15 is 0 Å². The second-order valence-corrected chi connectivity index (χ2v) is 2.43. The first-order chi connectivity index (χ1) is 5.24. The van der Waals surface area contributed by atoms with Crippen molar-refractivity contribution in [1.82, 2.24) is 0 Å². The van der Waals surface area contributed by atoms with E-state index in [2.05, 4.69) is 4.74 Å². The van der Waals surface area contributed by atoms with Crippen molar-refractivity contribution >= 4 is 5.97 Å². The maximum absolute atomic E-state index is 10.9. The van der Waals surface area contributed by atoms with Crippen molar-refractivity contribution < 1.29 is 9.53 Å². The summed E-state index contributed by atoms with van der Waals surface area (Å²) in [5, 5.41) is 0. The van der Waals surface area contributed by atoms with Gasteiger partial charge in [-0.05, 0) is 18.9 Å². The molecule has 2 N–H and O–H groups in total. The van der Waals surface area contributed by atoms with Gasteiger partial charge in [0.15, 0.2) is 0 Å². The van der Waals surface area contributed by atoms with Crippen LogP contribution in [-0.2, 0) is 9.53 Å². The van der Waals surface area contributed by atoms with E-state index in [0.717, 1.165) is 12.1 Å². The zero-order valence-electron chi connectivity index (χ0n) is 6.46. The minimum atomic E-state index is -0.256. The minimum Gasteiger partial charge on any atom is -0.466 e. The number of esters is 1. The molecule has 1 aliphatic carbocycles. The number of nitrogens with two attached hydrogens (primary N) is 1. The average molecular weight is 153 g/mol. The molecule has 0 bridgehead atoms. The molecule has 3 nitrogen and oxygen atoms in total. The summed E-state index contributed by atoms with van der Waals surface area (Å²) >= 11 is 0. The quantitative estimate of drug-likeness (QED) is 0.565. The van der Waals surface area contributed by atoms with Crippen molar-refractivity contribution in [3.05, 3.63) is 23.4 Å². The highest BCUT2D eigenvalue weighted by molar-refractivity contribution is 5.89. The molecule has 0 unspecified atom stereocenters. The molecule has 0 spiro atoms. The Kier molecular flexibility index (Phi) is 2.31. The van der Waals surface area contributed by atoms with Gasteiger partial charge in [0, 0.05) is 11.3 Å².